The number of hydrogen-bond donors (Lipinski definition) is 2. The zero-order chi connectivity index (χ0) is 20.0. The number of anilines is 1. The number of benzene rings is 1. The molecule has 0 spiro atoms. The standard InChI is InChI=1S/C18H28N4O4S/c1-14-4-6-16(7-5-14)20-27(25,26)13-15(2)18(24)19-12-17(23)22-10-8-21(3)9-11-22/h4-7,15,20H,8-13H2,1-3H3,(H,19,24). The van der Waals surface area contributed by atoms with Gasteiger partial charge in [0.2, 0.25) is 21.8 Å². The molecular formula is C18H28N4O4S. The van der Waals surface area contributed by atoms with E-state index in [1.807, 2.05) is 14.0 Å². The molecule has 0 bridgehead atoms. The fourth-order valence-electron chi connectivity index (χ4n) is 2.75. The summed E-state index contributed by atoms with van der Waals surface area (Å²) in [7, 11) is -1.67. The first-order chi connectivity index (χ1) is 12.7. The van der Waals surface area contributed by atoms with Crippen LogP contribution in [0.25, 0.3) is 0 Å². The van der Waals surface area contributed by atoms with Crippen molar-refractivity contribution in [2.75, 3.05) is 50.2 Å². The lowest BCUT2D eigenvalue weighted by Gasteiger charge is -2.32. The Hall–Kier alpha value is -2.13. The number of carbonyl (C=O) groups is 2. The van der Waals surface area contributed by atoms with Crippen LogP contribution < -0.4 is 10.0 Å². The van der Waals surface area contributed by atoms with Gasteiger partial charge in [-0.25, -0.2) is 8.42 Å². The number of likely N-dealkylation sites (N-methyl/N-ethyl adjacent to an activating group) is 1. The van der Waals surface area contributed by atoms with Gasteiger partial charge in [0.25, 0.3) is 0 Å². The summed E-state index contributed by atoms with van der Waals surface area (Å²) in [5.74, 6) is -1.72. The van der Waals surface area contributed by atoms with E-state index >= 15 is 0 Å². The van der Waals surface area contributed by atoms with Crippen LogP contribution in [0.5, 0.6) is 0 Å². The average molecular weight is 397 g/mol. The molecule has 1 aromatic rings. The smallest absolute Gasteiger partial charge is 0.242 e. The maximum Gasteiger partial charge on any atom is 0.242 e. The molecule has 27 heavy (non-hydrogen) atoms. The number of aryl methyl sites for hydroxylation is 1. The van der Waals surface area contributed by atoms with Gasteiger partial charge in [-0.15, -0.1) is 0 Å². The largest absolute Gasteiger partial charge is 0.347 e. The first kappa shape index (κ1) is 21.2. The van der Waals surface area contributed by atoms with Gasteiger partial charge in [-0.05, 0) is 26.1 Å². The summed E-state index contributed by atoms with van der Waals surface area (Å²) >= 11 is 0. The molecule has 1 atom stereocenters. The molecule has 0 radical (unpaired) electrons. The van der Waals surface area contributed by atoms with Crippen LogP contribution in [-0.4, -0.2) is 75.6 Å². The topological polar surface area (TPSA) is 98.8 Å². The van der Waals surface area contributed by atoms with Gasteiger partial charge < -0.3 is 15.1 Å². The number of rotatable bonds is 7. The van der Waals surface area contributed by atoms with E-state index in [1.165, 1.54) is 6.92 Å². The van der Waals surface area contributed by atoms with Crippen LogP contribution in [0.4, 0.5) is 5.69 Å². The number of nitrogens with one attached hydrogen (secondary N) is 2. The summed E-state index contributed by atoms with van der Waals surface area (Å²) in [5.41, 5.74) is 1.48. The second kappa shape index (κ2) is 9.18. The van der Waals surface area contributed by atoms with Gasteiger partial charge in [-0.2, -0.15) is 0 Å². The Balaban J connectivity index is 1.80. The molecule has 2 amide bonds. The van der Waals surface area contributed by atoms with Gasteiger partial charge in [0.1, 0.15) is 0 Å². The van der Waals surface area contributed by atoms with E-state index in [-0.39, 0.29) is 18.2 Å². The SMILES string of the molecule is Cc1ccc(NS(=O)(=O)CC(C)C(=O)NCC(=O)N2CCN(C)CC2)cc1. The minimum absolute atomic E-state index is 0.113. The summed E-state index contributed by atoms with van der Waals surface area (Å²) in [6, 6.07) is 6.95. The van der Waals surface area contributed by atoms with Crippen molar-refractivity contribution in [1.29, 1.82) is 0 Å². The fraction of sp³-hybridized carbons (Fsp3) is 0.556. The van der Waals surface area contributed by atoms with Crippen molar-refractivity contribution >= 4 is 27.5 Å². The molecule has 0 saturated carbocycles. The highest BCUT2D eigenvalue weighted by Crippen LogP contribution is 2.12. The van der Waals surface area contributed by atoms with Crippen LogP contribution in [0.15, 0.2) is 24.3 Å². The number of carbonyl (C=O) groups excluding carboxylic acids is 2. The lowest BCUT2D eigenvalue weighted by atomic mass is 10.2. The molecule has 8 nitrogen and oxygen atoms in total. The summed E-state index contributed by atoms with van der Waals surface area (Å²) in [6.45, 7) is 6.21. The minimum Gasteiger partial charge on any atom is -0.347 e. The van der Waals surface area contributed by atoms with E-state index in [1.54, 1.807) is 29.2 Å². The molecule has 0 aliphatic carbocycles. The number of sulfonamides is 1. The molecule has 1 aliphatic rings. The minimum atomic E-state index is -3.67. The lowest BCUT2D eigenvalue weighted by Crippen LogP contribution is -2.50. The summed E-state index contributed by atoms with van der Waals surface area (Å²) in [5, 5.41) is 2.55. The number of hydrogen-bond acceptors (Lipinski definition) is 5. The number of nitrogens with zero attached hydrogens (tertiary/aromatic N) is 2. The monoisotopic (exact) mass is 396 g/mol. The van der Waals surface area contributed by atoms with Gasteiger partial charge in [-0.1, -0.05) is 24.6 Å². The van der Waals surface area contributed by atoms with Crippen molar-refractivity contribution in [2.45, 2.75) is 13.8 Å². The third-order valence-corrected chi connectivity index (χ3v) is 6.00. The van der Waals surface area contributed by atoms with Crippen molar-refractivity contribution in [2.24, 2.45) is 5.92 Å². The maximum absolute atomic E-state index is 12.2. The zero-order valence-corrected chi connectivity index (χ0v) is 16.9. The molecule has 150 valence electrons. The maximum atomic E-state index is 12.2. The Bertz CT molecular complexity index is 756. The van der Waals surface area contributed by atoms with Crippen molar-refractivity contribution in [1.82, 2.24) is 15.1 Å². The first-order valence-electron chi connectivity index (χ1n) is 8.97. The van der Waals surface area contributed by atoms with Gasteiger partial charge in [-0.3, -0.25) is 14.3 Å². The van der Waals surface area contributed by atoms with Crippen molar-refractivity contribution in [3.63, 3.8) is 0 Å². The molecule has 0 aromatic heterocycles. The van der Waals surface area contributed by atoms with Gasteiger partial charge in [0, 0.05) is 31.9 Å². The average Bonchev–Trinajstić information content (AvgIpc) is 2.61. The number of piperazine rings is 1. The summed E-state index contributed by atoms with van der Waals surface area (Å²) < 4.78 is 27.0. The molecule has 1 unspecified atom stereocenters. The van der Waals surface area contributed by atoms with Crippen molar-refractivity contribution in [3.8, 4) is 0 Å². The van der Waals surface area contributed by atoms with Gasteiger partial charge in [0.05, 0.1) is 18.2 Å². The molecule has 1 aromatic carbocycles. The second-order valence-electron chi connectivity index (χ2n) is 7.05. The van der Waals surface area contributed by atoms with E-state index in [9.17, 15) is 18.0 Å². The van der Waals surface area contributed by atoms with Crippen LogP contribution >= 0.6 is 0 Å². The van der Waals surface area contributed by atoms with Crippen LogP contribution in [0, 0.1) is 12.8 Å². The molecular weight excluding hydrogens is 368 g/mol. The third-order valence-electron chi connectivity index (χ3n) is 4.51. The summed E-state index contributed by atoms with van der Waals surface area (Å²) in [4.78, 5) is 28.2. The third kappa shape index (κ3) is 6.84. The van der Waals surface area contributed by atoms with Crippen LogP contribution in [0.3, 0.4) is 0 Å². The lowest BCUT2D eigenvalue weighted by molar-refractivity contribution is -0.134. The van der Waals surface area contributed by atoms with Gasteiger partial charge in [0.15, 0.2) is 0 Å². The predicted octanol–water partition coefficient (Wildman–Crippen LogP) is 0.263. The highest BCUT2D eigenvalue weighted by Gasteiger charge is 2.24. The molecule has 1 heterocycles. The summed E-state index contributed by atoms with van der Waals surface area (Å²) in [6.07, 6.45) is 0. The van der Waals surface area contributed by atoms with E-state index in [0.717, 1.165) is 18.7 Å². The van der Waals surface area contributed by atoms with Crippen LogP contribution in [0.2, 0.25) is 0 Å². The van der Waals surface area contributed by atoms with Crippen molar-refractivity contribution in [3.05, 3.63) is 29.8 Å². The Morgan fingerprint density at radius 3 is 2.30 bits per heavy atom. The Morgan fingerprint density at radius 1 is 1.11 bits per heavy atom. The zero-order valence-electron chi connectivity index (χ0n) is 16.1. The highest BCUT2D eigenvalue weighted by molar-refractivity contribution is 7.92. The van der Waals surface area contributed by atoms with Crippen molar-refractivity contribution < 1.29 is 18.0 Å². The molecule has 9 heteroatoms. The van der Waals surface area contributed by atoms with Crippen LogP contribution in [-0.2, 0) is 19.6 Å². The van der Waals surface area contributed by atoms with Crippen LogP contribution in [0.1, 0.15) is 12.5 Å². The Morgan fingerprint density at radius 2 is 1.70 bits per heavy atom. The Labute approximate surface area is 161 Å². The van der Waals surface area contributed by atoms with Gasteiger partial charge >= 0.3 is 0 Å². The molecule has 2 N–H and O–H groups in total. The van der Waals surface area contributed by atoms with E-state index in [0.29, 0.717) is 18.8 Å². The molecule has 1 fully saturated rings. The second-order valence-corrected chi connectivity index (χ2v) is 8.82. The predicted molar refractivity (Wildman–Crippen MR) is 105 cm³/mol. The Kier molecular flexibility index (Phi) is 7.20. The fourth-order valence-corrected chi connectivity index (χ4v) is 4.14. The van der Waals surface area contributed by atoms with E-state index in [4.69, 9.17) is 0 Å². The quantitative estimate of drug-likeness (QED) is 0.689. The molecule has 2 rings (SSSR count). The normalized spacial score (nSPS) is 16.6. The van der Waals surface area contributed by atoms with E-state index in [2.05, 4.69) is 14.9 Å². The molecule has 1 saturated heterocycles. The first-order valence-corrected chi connectivity index (χ1v) is 10.6. The van der Waals surface area contributed by atoms with E-state index < -0.39 is 21.8 Å². The highest BCUT2D eigenvalue weighted by atomic mass is 32.2. The number of amides is 2. The molecule has 1 aliphatic heterocycles.